The molecule has 0 unspecified atom stereocenters. The third-order valence-corrected chi connectivity index (χ3v) is 2.20. The van der Waals surface area contributed by atoms with Crippen LogP contribution in [0.25, 0.3) is 0 Å². The fourth-order valence-corrected chi connectivity index (χ4v) is 1.34. The van der Waals surface area contributed by atoms with Crippen LogP contribution in [0.1, 0.15) is 19.8 Å². The van der Waals surface area contributed by atoms with Crippen LogP contribution >= 0.6 is 0 Å². The Balaban J connectivity index is 2.58. The maximum atomic E-state index is 10.9. The molecule has 0 aromatic heterocycles. The first-order chi connectivity index (χ1) is 7.59. The molecule has 0 bridgehead atoms. The molecule has 0 heterocycles. The monoisotopic (exact) mass is 221 g/mol. The average Bonchev–Trinajstić information content (AvgIpc) is 2.25. The van der Waals surface area contributed by atoms with E-state index >= 15 is 0 Å². The first kappa shape index (κ1) is 12.2. The van der Waals surface area contributed by atoms with Crippen LogP contribution in [0, 0.1) is 0 Å². The van der Waals surface area contributed by atoms with Gasteiger partial charge in [-0.25, -0.2) is 4.79 Å². The van der Waals surface area contributed by atoms with Crippen LogP contribution in [0.2, 0.25) is 0 Å². The van der Waals surface area contributed by atoms with E-state index in [-0.39, 0.29) is 12.2 Å². The molecule has 0 aliphatic rings. The van der Waals surface area contributed by atoms with Crippen molar-refractivity contribution in [2.75, 3.05) is 5.32 Å². The Morgan fingerprint density at radius 3 is 2.44 bits per heavy atom. The Labute approximate surface area is 94.3 Å². The summed E-state index contributed by atoms with van der Waals surface area (Å²) in [6, 6.07) is 8.38. The van der Waals surface area contributed by atoms with Crippen molar-refractivity contribution in [2.45, 2.75) is 25.8 Å². The quantitative estimate of drug-likeness (QED) is 0.770. The second-order valence-electron chi connectivity index (χ2n) is 3.64. The Hall–Kier alpha value is -1.84. The van der Waals surface area contributed by atoms with Crippen molar-refractivity contribution in [3.8, 4) is 0 Å². The minimum absolute atomic E-state index is 0.00103. The van der Waals surface area contributed by atoms with Crippen LogP contribution < -0.4 is 5.32 Å². The molecule has 4 nitrogen and oxygen atoms in total. The zero-order valence-electron chi connectivity index (χ0n) is 9.14. The molecule has 0 spiro atoms. The molecule has 1 aromatic carbocycles. The molecule has 0 aliphatic carbocycles. The number of carboxylic acid groups (broad SMARTS) is 1. The summed E-state index contributed by atoms with van der Waals surface area (Å²) >= 11 is 0. The van der Waals surface area contributed by atoms with Gasteiger partial charge in [-0.2, -0.15) is 0 Å². The Bertz CT molecular complexity index is 362. The van der Waals surface area contributed by atoms with Crippen LogP contribution in [0.4, 0.5) is 5.69 Å². The summed E-state index contributed by atoms with van der Waals surface area (Å²) in [5.41, 5.74) is 0.749. The number of aliphatic carboxylic acids is 1. The lowest BCUT2D eigenvalue weighted by Crippen LogP contribution is -2.29. The highest BCUT2D eigenvalue weighted by Crippen LogP contribution is 2.10. The van der Waals surface area contributed by atoms with Gasteiger partial charge in [0.1, 0.15) is 11.8 Å². The topological polar surface area (TPSA) is 66.4 Å². The Morgan fingerprint density at radius 2 is 1.94 bits per heavy atom. The van der Waals surface area contributed by atoms with E-state index in [1.165, 1.54) is 6.92 Å². The van der Waals surface area contributed by atoms with Crippen LogP contribution in [-0.2, 0) is 9.59 Å². The molecule has 86 valence electrons. The fourth-order valence-electron chi connectivity index (χ4n) is 1.34. The lowest BCUT2D eigenvalue weighted by Gasteiger charge is -2.14. The molecule has 2 N–H and O–H groups in total. The second kappa shape index (κ2) is 5.90. The smallest absolute Gasteiger partial charge is 0.326 e. The molecular formula is C12H15NO3. The summed E-state index contributed by atoms with van der Waals surface area (Å²) < 4.78 is 0. The summed E-state index contributed by atoms with van der Waals surface area (Å²) in [5, 5.41) is 11.9. The predicted molar refractivity (Wildman–Crippen MR) is 61.4 cm³/mol. The number of Topliss-reactive ketones (excluding diaryl/α,β-unsaturated/α-hetero) is 1. The molecular weight excluding hydrogens is 206 g/mol. The number of nitrogens with one attached hydrogen (secondary N) is 1. The van der Waals surface area contributed by atoms with Gasteiger partial charge in [-0.05, 0) is 25.5 Å². The van der Waals surface area contributed by atoms with E-state index in [0.29, 0.717) is 6.42 Å². The zero-order valence-corrected chi connectivity index (χ0v) is 9.14. The third-order valence-electron chi connectivity index (χ3n) is 2.20. The first-order valence-corrected chi connectivity index (χ1v) is 5.13. The van der Waals surface area contributed by atoms with Crippen molar-refractivity contribution in [3.63, 3.8) is 0 Å². The van der Waals surface area contributed by atoms with Crippen molar-refractivity contribution in [3.05, 3.63) is 30.3 Å². The molecule has 0 saturated carbocycles. The van der Waals surface area contributed by atoms with E-state index in [2.05, 4.69) is 5.32 Å². The number of para-hydroxylation sites is 1. The minimum atomic E-state index is -0.940. The molecule has 0 amide bonds. The van der Waals surface area contributed by atoms with Gasteiger partial charge in [0.2, 0.25) is 0 Å². The molecule has 0 fully saturated rings. The van der Waals surface area contributed by atoms with Crippen LogP contribution in [0.15, 0.2) is 30.3 Å². The van der Waals surface area contributed by atoms with E-state index in [9.17, 15) is 9.59 Å². The van der Waals surface area contributed by atoms with Gasteiger partial charge in [-0.15, -0.1) is 0 Å². The maximum absolute atomic E-state index is 10.9. The summed E-state index contributed by atoms with van der Waals surface area (Å²) in [7, 11) is 0. The van der Waals surface area contributed by atoms with Gasteiger partial charge >= 0.3 is 5.97 Å². The highest BCUT2D eigenvalue weighted by molar-refractivity contribution is 5.80. The number of rotatable bonds is 6. The van der Waals surface area contributed by atoms with Gasteiger partial charge in [0.25, 0.3) is 0 Å². The molecule has 4 heteroatoms. The number of hydrogen-bond acceptors (Lipinski definition) is 3. The highest BCUT2D eigenvalue weighted by atomic mass is 16.4. The molecule has 0 saturated heterocycles. The highest BCUT2D eigenvalue weighted by Gasteiger charge is 2.17. The number of carbonyl (C=O) groups excluding carboxylic acids is 1. The van der Waals surface area contributed by atoms with Gasteiger partial charge in [-0.1, -0.05) is 18.2 Å². The van der Waals surface area contributed by atoms with Crippen LogP contribution in [-0.4, -0.2) is 22.9 Å². The molecule has 1 rings (SSSR count). The maximum Gasteiger partial charge on any atom is 0.326 e. The number of ketones is 1. The van der Waals surface area contributed by atoms with Gasteiger partial charge in [0.05, 0.1) is 0 Å². The van der Waals surface area contributed by atoms with Crippen molar-refractivity contribution >= 4 is 17.4 Å². The molecule has 1 aromatic rings. The number of carboxylic acids is 1. The Kier molecular flexibility index (Phi) is 4.51. The largest absolute Gasteiger partial charge is 0.480 e. The van der Waals surface area contributed by atoms with Gasteiger partial charge in [-0.3, -0.25) is 0 Å². The second-order valence-corrected chi connectivity index (χ2v) is 3.64. The molecule has 16 heavy (non-hydrogen) atoms. The number of anilines is 1. The standard InChI is InChI=1S/C12H15NO3/c1-9(14)7-8-11(12(15)16)13-10-5-3-2-4-6-10/h2-6,11,13H,7-8H2,1H3,(H,15,16)/t11-/m0/s1. The van der Waals surface area contributed by atoms with Crippen LogP contribution in [0.5, 0.6) is 0 Å². The zero-order chi connectivity index (χ0) is 12.0. The van der Waals surface area contributed by atoms with Crippen LogP contribution in [0.3, 0.4) is 0 Å². The molecule has 0 aliphatic heterocycles. The minimum Gasteiger partial charge on any atom is -0.480 e. The first-order valence-electron chi connectivity index (χ1n) is 5.13. The van der Waals surface area contributed by atoms with E-state index in [1.54, 1.807) is 12.1 Å². The van der Waals surface area contributed by atoms with Gasteiger partial charge in [0.15, 0.2) is 0 Å². The third kappa shape index (κ3) is 4.13. The van der Waals surface area contributed by atoms with E-state index in [0.717, 1.165) is 5.69 Å². The van der Waals surface area contributed by atoms with Gasteiger partial charge in [0, 0.05) is 12.1 Å². The van der Waals surface area contributed by atoms with E-state index < -0.39 is 12.0 Å². The predicted octanol–water partition coefficient (Wildman–Crippen LogP) is 1.92. The van der Waals surface area contributed by atoms with Crippen molar-refractivity contribution in [2.24, 2.45) is 0 Å². The summed E-state index contributed by atoms with van der Waals surface area (Å²) in [4.78, 5) is 21.7. The summed E-state index contributed by atoms with van der Waals surface area (Å²) in [5.74, 6) is -0.939. The average molecular weight is 221 g/mol. The lowest BCUT2D eigenvalue weighted by molar-refractivity contribution is -0.138. The summed E-state index contributed by atoms with van der Waals surface area (Å²) in [6.45, 7) is 1.46. The SMILES string of the molecule is CC(=O)CC[C@H](Nc1ccccc1)C(=O)O. The van der Waals surface area contributed by atoms with Crippen molar-refractivity contribution in [1.82, 2.24) is 0 Å². The fraction of sp³-hybridized carbons (Fsp3) is 0.333. The van der Waals surface area contributed by atoms with E-state index in [1.807, 2.05) is 18.2 Å². The van der Waals surface area contributed by atoms with Gasteiger partial charge < -0.3 is 15.2 Å². The number of benzene rings is 1. The Morgan fingerprint density at radius 1 is 1.31 bits per heavy atom. The molecule has 0 radical (unpaired) electrons. The number of hydrogen-bond donors (Lipinski definition) is 2. The van der Waals surface area contributed by atoms with Crippen molar-refractivity contribution < 1.29 is 14.7 Å². The van der Waals surface area contributed by atoms with E-state index in [4.69, 9.17) is 5.11 Å². The lowest BCUT2D eigenvalue weighted by atomic mass is 10.1. The van der Waals surface area contributed by atoms with Crippen molar-refractivity contribution in [1.29, 1.82) is 0 Å². The number of carbonyl (C=O) groups is 2. The summed E-state index contributed by atoms with van der Waals surface area (Å²) in [6.07, 6.45) is 0.580. The molecule has 1 atom stereocenters. The normalized spacial score (nSPS) is 11.8.